The van der Waals surface area contributed by atoms with Crippen LogP contribution in [0.5, 0.6) is 0 Å². The molecule has 2 aliphatic heterocycles. The van der Waals surface area contributed by atoms with Crippen LogP contribution in [0.4, 0.5) is 24.1 Å². The van der Waals surface area contributed by atoms with E-state index in [1.165, 1.54) is 18.6 Å². The Morgan fingerprint density at radius 1 is 1.02 bits per heavy atom. The fraction of sp³-hybridized carbons (Fsp3) is 0.419. The monoisotopic (exact) mass is 577 g/mol. The Kier molecular flexibility index (Phi) is 8.54. The third kappa shape index (κ3) is 5.85. The number of nitrogens with one attached hydrogen (secondary N) is 2. The van der Waals surface area contributed by atoms with Crippen molar-refractivity contribution in [3.8, 4) is 0 Å². The molecule has 2 fully saturated rings. The molecule has 9 nitrogen and oxygen atoms in total. The molecule has 0 radical (unpaired) electrons. The number of allylic oxidation sites excluding steroid dienone is 1. The number of methoxy groups -OCH3 is 1. The summed E-state index contributed by atoms with van der Waals surface area (Å²) in [5.41, 5.74) is 2.08. The number of amides is 4. The summed E-state index contributed by atoms with van der Waals surface area (Å²) in [5, 5.41) is 5.45. The van der Waals surface area contributed by atoms with Crippen molar-refractivity contribution in [1.29, 1.82) is 0 Å². The molecular formula is C31H33F2N5O4. The molecule has 3 aliphatic rings. The number of ether oxygens (including phenoxy) is 1. The number of benzene rings is 2. The lowest BCUT2D eigenvalue weighted by molar-refractivity contribution is -0.136. The molecule has 11 heteroatoms. The number of hydrogen-bond donors (Lipinski definition) is 2. The van der Waals surface area contributed by atoms with Crippen LogP contribution in [0.1, 0.15) is 62.1 Å². The normalized spacial score (nSPS) is 24.6. The zero-order valence-electron chi connectivity index (χ0n) is 23.5. The van der Waals surface area contributed by atoms with Crippen molar-refractivity contribution in [2.45, 2.75) is 63.1 Å². The number of hydrogen-bond acceptors (Lipinski definition) is 5. The molecule has 4 amide bonds. The minimum Gasteiger partial charge on any atom is -0.466 e. The zero-order valence-corrected chi connectivity index (χ0v) is 23.5. The van der Waals surface area contributed by atoms with Gasteiger partial charge in [-0.05, 0) is 68.2 Å². The number of imide groups is 1. The number of esters is 1. The van der Waals surface area contributed by atoms with Crippen LogP contribution in [0.2, 0.25) is 0 Å². The molecule has 2 aromatic carbocycles. The average molecular weight is 578 g/mol. The van der Waals surface area contributed by atoms with Crippen molar-refractivity contribution < 1.29 is 27.9 Å². The number of nitrogens with zero attached hydrogens (tertiary/aromatic N) is 3. The minimum absolute atomic E-state index is 0.0493. The quantitative estimate of drug-likeness (QED) is 0.360. The molecule has 0 bridgehead atoms. The van der Waals surface area contributed by atoms with Gasteiger partial charge < -0.3 is 15.4 Å². The molecule has 220 valence electrons. The summed E-state index contributed by atoms with van der Waals surface area (Å²) >= 11 is 0. The van der Waals surface area contributed by atoms with Gasteiger partial charge in [0.2, 0.25) is 0 Å². The van der Waals surface area contributed by atoms with Crippen LogP contribution >= 0.6 is 0 Å². The first-order valence-electron chi connectivity index (χ1n) is 14.1. The van der Waals surface area contributed by atoms with Gasteiger partial charge >= 0.3 is 18.0 Å². The fourth-order valence-corrected chi connectivity index (χ4v) is 6.40. The molecule has 1 saturated heterocycles. The third-order valence-electron chi connectivity index (χ3n) is 8.59. The smallest absolute Gasteiger partial charge is 0.337 e. The second-order valence-electron chi connectivity index (χ2n) is 11.0. The predicted octanol–water partition coefficient (Wildman–Crippen LogP) is 5.54. The average Bonchev–Trinajstić information content (AvgIpc) is 3.46. The van der Waals surface area contributed by atoms with E-state index in [9.17, 15) is 23.2 Å². The Morgan fingerprint density at radius 2 is 1.71 bits per heavy atom. The van der Waals surface area contributed by atoms with Crippen molar-refractivity contribution in [2.24, 2.45) is 0 Å². The first-order valence-corrected chi connectivity index (χ1v) is 14.1. The van der Waals surface area contributed by atoms with Crippen molar-refractivity contribution in [3.05, 3.63) is 87.9 Å². The molecule has 42 heavy (non-hydrogen) atoms. The molecule has 1 unspecified atom stereocenters. The van der Waals surface area contributed by atoms with E-state index in [1.807, 2.05) is 24.3 Å². The maximum atomic E-state index is 14.2. The summed E-state index contributed by atoms with van der Waals surface area (Å²) in [7, 11) is 1.16. The van der Waals surface area contributed by atoms with E-state index in [0.717, 1.165) is 56.4 Å². The molecule has 0 spiro atoms. The van der Waals surface area contributed by atoms with E-state index in [-0.39, 0.29) is 22.9 Å². The van der Waals surface area contributed by atoms with E-state index in [4.69, 9.17) is 11.3 Å². The highest BCUT2D eigenvalue weighted by Gasteiger charge is 2.43. The number of rotatable bonds is 5. The van der Waals surface area contributed by atoms with E-state index in [2.05, 4.69) is 20.4 Å². The Labute approximate surface area is 243 Å². The minimum atomic E-state index is -1.31. The van der Waals surface area contributed by atoms with Crippen LogP contribution in [-0.4, -0.2) is 60.1 Å². The number of likely N-dealkylation sites (tertiary alicyclic amines) is 1. The highest BCUT2D eigenvalue weighted by atomic mass is 19.2. The summed E-state index contributed by atoms with van der Waals surface area (Å²) in [6, 6.07) is 8.16. The number of halogens is 2. The molecule has 5 rings (SSSR count). The highest BCUT2D eigenvalue weighted by molar-refractivity contribution is 6.01. The Balaban J connectivity index is 1.26. The van der Waals surface area contributed by atoms with Crippen LogP contribution in [-0.2, 0) is 9.53 Å². The molecule has 0 aromatic heterocycles. The number of carbonyl (C=O) groups is 3. The van der Waals surface area contributed by atoms with Crippen molar-refractivity contribution in [1.82, 2.24) is 20.4 Å². The van der Waals surface area contributed by atoms with Crippen LogP contribution in [0.25, 0.3) is 4.85 Å². The summed E-state index contributed by atoms with van der Waals surface area (Å²) in [5.74, 6) is -2.59. The largest absolute Gasteiger partial charge is 0.466 e. The Hall–Kier alpha value is -4.30. The Bertz CT molecular complexity index is 1450. The van der Waals surface area contributed by atoms with Gasteiger partial charge in [-0.25, -0.2) is 32.9 Å². The van der Waals surface area contributed by atoms with Crippen molar-refractivity contribution >= 4 is 23.7 Å². The van der Waals surface area contributed by atoms with Crippen molar-refractivity contribution in [2.75, 3.05) is 20.2 Å². The SMILES string of the molecule is [C-]#[N+]c1ccc(C2CCC(N3CCC(NC(=O)N4C(=O)NC(C)=C(C(=O)OC)[C@@H]4c4ccc(F)c(F)c4)C3)CC2)cc1. The molecule has 1 saturated carbocycles. The standard InChI is InChI=1S/C31H33F2N5O4/c1-18-27(29(39)42-3)28(21-8-13-25(32)26(33)16-21)38(30(40)35-18)31(41)36-23-14-15-37(17-23)24-11-6-20(7-12-24)19-4-9-22(34-2)10-5-19/h4-5,8-10,13,16,20,23-24,28H,6-7,11-12,14-15,17H2,1,3H3,(H,35,40)(H,36,41)/t20?,23?,24?,28-/m0/s1. The van der Waals surface area contributed by atoms with Crippen LogP contribution in [0.15, 0.2) is 53.7 Å². The third-order valence-corrected chi connectivity index (χ3v) is 8.59. The Morgan fingerprint density at radius 3 is 2.36 bits per heavy atom. The highest BCUT2D eigenvalue weighted by Crippen LogP contribution is 2.37. The van der Waals surface area contributed by atoms with E-state index >= 15 is 0 Å². The predicted molar refractivity (Wildman–Crippen MR) is 150 cm³/mol. The van der Waals surface area contributed by atoms with Gasteiger partial charge in [0.05, 0.1) is 19.3 Å². The van der Waals surface area contributed by atoms with Crippen LogP contribution < -0.4 is 10.6 Å². The summed E-state index contributed by atoms with van der Waals surface area (Å²) < 4.78 is 32.8. The molecular weight excluding hydrogens is 544 g/mol. The van der Waals surface area contributed by atoms with Gasteiger partial charge in [0.25, 0.3) is 0 Å². The van der Waals surface area contributed by atoms with E-state index in [0.29, 0.717) is 30.6 Å². The van der Waals surface area contributed by atoms with Gasteiger partial charge in [-0.3, -0.25) is 4.90 Å². The van der Waals surface area contributed by atoms with Gasteiger partial charge in [-0.2, -0.15) is 0 Å². The maximum Gasteiger partial charge on any atom is 0.337 e. The first kappa shape index (κ1) is 29.2. The van der Waals surface area contributed by atoms with Gasteiger partial charge in [0.1, 0.15) is 6.04 Å². The van der Waals surface area contributed by atoms with Crippen molar-refractivity contribution in [3.63, 3.8) is 0 Å². The first-order chi connectivity index (χ1) is 20.2. The van der Waals surface area contributed by atoms with Gasteiger partial charge in [0.15, 0.2) is 17.3 Å². The lowest BCUT2D eigenvalue weighted by Crippen LogP contribution is -2.56. The molecule has 2 aromatic rings. The second kappa shape index (κ2) is 12.3. The molecule has 2 heterocycles. The number of urea groups is 2. The van der Waals surface area contributed by atoms with E-state index < -0.39 is 35.7 Å². The zero-order chi connectivity index (χ0) is 30.0. The topological polar surface area (TPSA) is 95.3 Å². The van der Waals surface area contributed by atoms with E-state index in [1.54, 1.807) is 0 Å². The number of carbonyl (C=O) groups excluding carboxylic acids is 3. The molecule has 2 N–H and O–H groups in total. The molecule has 1 aliphatic carbocycles. The molecule has 2 atom stereocenters. The lowest BCUT2D eigenvalue weighted by atomic mass is 9.81. The maximum absolute atomic E-state index is 14.2. The summed E-state index contributed by atoms with van der Waals surface area (Å²) in [6.07, 6.45) is 4.82. The lowest BCUT2D eigenvalue weighted by Gasteiger charge is -2.37. The second-order valence-corrected chi connectivity index (χ2v) is 11.0. The summed E-state index contributed by atoms with van der Waals surface area (Å²) in [4.78, 5) is 46.0. The van der Waals surface area contributed by atoms with Gasteiger partial charge in [0, 0.05) is 30.9 Å². The van der Waals surface area contributed by atoms with Gasteiger partial charge in [-0.15, -0.1) is 0 Å². The van der Waals surface area contributed by atoms with Crippen LogP contribution in [0.3, 0.4) is 0 Å². The fourth-order valence-electron chi connectivity index (χ4n) is 6.40. The van der Waals surface area contributed by atoms with Gasteiger partial charge in [-0.1, -0.05) is 30.3 Å². The van der Waals surface area contributed by atoms with Crippen LogP contribution in [0, 0.1) is 18.2 Å². The summed E-state index contributed by atoms with van der Waals surface area (Å²) in [6.45, 7) is 10.0.